The lowest BCUT2D eigenvalue weighted by atomic mass is 10.1. The van der Waals surface area contributed by atoms with Crippen LogP contribution in [0.5, 0.6) is 11.5 Å². The van der Waals surface area contributed by atoms with Crippen molar-refractivity contribution in [2.75, 3.05) is 50.6 Å². The second kappa shape index (κ2) is 8.17. The van der Waals surface area contributed by atoms with Crippen LogP contribution >= 0.6 is 0 Å². The normalized spacial score (nSPS) is 18.5. The van der Waals surface area contributed by atoms with Gasteiger partial charge in [-0.1, -0.05) is 0 Å². The molecule has 0 atom stereocenters. The standard InChI is InChI=1S/C20H29N5O2/c1-26-17-12-15-16(13-18(17)27-2)23-20(25-10-4-3-5-11-25)24-19(15)22-14-6-8-21-9-7-14/h12-14,21H,3-11H2,1-2H3,(H,22,23,24). The number of piperidine rings is 2. The van der Waals surface area contributed by atoms with Crippen molar-refractivity contribution in [3.63, 3.8) is 0 Å². The predicted molar refractivity (Wildman–Crippen MR) is 108 cm³/mol. The molecule has 0 amide bonds. The molecule has 7 nitrogen and oxygen atoms in total. The third kappa shape index (κ3) is 3.88. The Morgan fingerprint density at radius 1 is 1.00 bits per heavy atom. The molecule has 0 unspecified atom stereocenters. The molecule has 0 spiro atoms. The average Bonchev–Trinajstić information content (AvgIpc) is 2.74. The van der Waals surface area contributed by atoms with Gasteiger partial charge in [-0.2, -0.15) is 4.98 Å². The summed E-state index contributed by atoms with van der Waals surface area (Å²) in [5, 5.41) is 8.07. The lowest BCUT2D eigenvalue weighted by Gasteiger charge is -2.29. The van der Waals surface area contributed by atoms with E-state index in [1.165, 1.54) is 19.3 Å². The van der Waals surface area contributed by atoms with E-state index in [1.54, 1.807) is 14.2 Å². The van der Waals surface area contributed by atoms with E-state index in [0.29, 0.717) is 17.5 Å². The van der Waals surface area contributed by atoms with Gasteiger partial charge in [-0.25, -0.2) is 4.98 Å². The highest BCUT2D eigenvalue weighted by Crippen LogP contribution is 2.35. The third-order valence-electron chi connectivity index (χ3n) is 5.51. The van der Waals surface area contributed by atoms with E-state index in [9.17, 15) is 0 Å². The van der Waals surface area contributed by atoms with Crippen molar-refractivity contribution in [3.05, 3.63) is 12.1 Å². The van der Waals surface area contributed by atoms with Gasteiger partial charge in [-0.05, 0) is 51.3 Å². The Kier molecular flexibility index (Phi) is 5.48. The van der Waals surface area contributed by atoms with Gasteiger partial charge < -0.3 is 25.0 Å². The highest BCUT2D eigenvalue weighted by molar-refractivity contribution is 5.93. The summed E-state index contributed by atoms with van der Waals surface area (Å²) in [6, 6.07) is 4.36. The summed E-state index contributed by atoms with van der Waals surface area (Å²) in [6.45, 7) is 4.12. The fourth-order valence-electron chi connectivity index (χ4n) is 3.95. The zero-order valence-corrected chi connectivity index (χ0v) is 16.3. The topological polar surface area (TPSA) is 71.5 Å². The highest BCUT2D eigenvalue weighted by atomic mass is 16.5. The van der Waals surface area contributed by atoms with E-state index in [1.807, 2.05) is 12.1 Å². The van der Waals surface area contributed by atoms with E-state index in [4.69, 9.17) is 19.4 Å². The predicted octanol–water partition coefficient (Wildman–Crippen LogP) is 2.80. The Bertz CT molecular complexity index is 786. The number of hydrogen-bond donors (Lipinski definition) is 2. The lowest BCUT2D eigenvalue weighted by Crippen LogP contribution is -2.36. The molecule has 3 heterocycles. The Hall–Kier alpha value is -2.28. The van der Waals surface area contributed by atoms with Gasteiger partial charge in [0.2, 0.25) is 5.95 Å². The molecule has 0 saturated carbocycles. The van der Waals surface area contributed by atoms with E-state index in [0.717, 1.165) is 61.7 Å². The first-order valence-corrected chi connectivity index (χ1v) is 9.94. The second-order valence-corrected chi connectivity index (χ2v) is 7.31. The minimum absolute atomic E-state index is 0.423. The molecule has 146 valence electrons. The maximum absolute atomic E-state index is 5.51. The molecule has 2 N–H and O–H groups in total. The Morgan fingerprint density at radius 2 is 1.70 bits per heavy atom. The quantitative estimate of drug-likeness (QED) is 0.837. The first kappa shape index (κ1) is 18.1. The molecule has 1 aromatic carbocycles. The molecule has 0 aliphatic carbocycles. The minimum Gasteiger partial charge on any atom is -0.493 e. The Labute approximate surface area is 160 Å². The van der Waals surface area contributed by atoms with E-state index in [-0.39, 0.29) is 0 Å². The summed E-state index contributed by atoms with van der Waals surface area (Å²) in [6.07, 6.45) is 5.87. The van der Waals surface area contributed by atoms with Crippen molar-refractivity contribution in [3.8, 4) is 11.5 Å². The van der Waals surface area contributed by atoms with Gasteiger partial charge in [0.05, 0.1) is 19.7 Å². The molecule has 2 aromatic rings. The van der Waals surface area contributed by atoms with Crippen LogP contribution in [0.25, 0.3) is 10.9 Å². The monoisotopic (exact) mass is 371 g/mol. The largest absolute Gasteiger partial charge is 0.493 e. The number of hydrogen-bond acceptors (Lipinski definition) is 7. The van der Waals surface area contributed by atoms with Gasteiger partial charge in [0.25, 0.3) is 0 Å². The number of nitrogens with zero attached hydrogens (tertiary/aromatic N) is 3. The Balaban J connectivity index is 1.77. The number of nitrogens with one attached hydrogen (secondary N) is 2. The molecule has 0 bridgehead atoms. The molecule has 2 aliphatic heterocycles. The molecule has 27 heavy (non-hydrogen) atoms. The number of fused-ring (bicyclic) bond motifs is 1. The number of anilines is 2. The average molecular weight is 371 g/mol. The van der Waals surface area contributed by atoms with Gasteiger partial charge in [0.1, 0.15) is 5.82 Å². The molecule has 7 heteroatoms. The lowest BCUT2D eigenvalue weighted by molar-refractivity contribution is 0.356. The van der Waals surface area contributed by atoms with Crippen molar-refractivity contribution in [2.24, 2.45) is 0 Å². The van der Waals surface area contributed by atoms with Crippen molar-refractivity contribution in [1.29, 1.82) is 0 Å². The molecule has 4 rings (SSSR count). The van der Waals surface area contributed by atoms with Crippen molar-refractivity contribution < 1.29 is 9.47 Å². The zero-order chi connectivity index (χ0) is 18.6. The molecular weight excluding hydrogens is 342 g/mol. The van der Waals surface area contributed by atoms with Crippen LogP contribution in [0.2, 0.25) is 0 Å². The molecular formula is C20H29N5O2. The fourth-order valence-corrected chi connectivity index (χ4v) is 3.95. The third-order valence-corrected chi connectivity index (χ3v) is 5.51. The van der Waals surface area contributed by atoms with Crippen molar-refractivity contribution in [2.45, 2.75) is 38.1 Å². The maximum atomic E-state index is 5.51. The number of ether oxygens (including phenoxy) is 2. The second-order valence-electron chi connectivity index (χ2n) is 7.31. The minimum atomic E-state index is 0.423. The molecule has 1 aromatic heterocycles. The number of methoxy groups -OCH3 is 2. The highest BCUT2D eigenvalue weighted by Gasteiger charge is 2.20. The molecule has 2 saturated heterocycles. The van der Waals surface area contributed by atoms with Crippen LogP contribution in [0.3, 0.4) is 0 Å². The van der Waals surface area contributed by atoms with Crippen LogP contribution in [0.15, 0.2) is 12.1 Å². The van der Waals surface area contributed by atoms with Crippen molar-refractivity contribution in [1.82, 2.24) is 15.3 Å². The maximum Gasteiger partial charge on any atom is 0.227 e. The van der Waals surface area contributed by atoms with Crippen LogP contribution in [0.1, 0.15) is 32.1 Å². The molecule has 2 aliphatic rings. The molecule has 0 radical (unpaired) electrons. The number of aromatic nitrogens is 2. The van der Waals surface area contributed by atoms with Crippen LogP contribution in [0.4, 0.5) is 11.8 Å². The van der Waals surface area contributed by atoms with Gasteiger partial charge in [0.15, 0.2) is 11.5 Å². The first-order chi connectivity index (χ1) is 13.3. The van der Waals surface area contributed by atoms with E-state index < -0.39 is 0 Å². The first-order valence-electron chi connectivity index (χ1n) is 9.94. The van der Waals surface area contributed by atoms with Gasteiger partial charge in [0, 0.05) is 30.6 Å². The summed E-state index contributed by atoms with van der Waals surface area (Å²) in [4.78, 5) is 12.1. The Morgan fingerprint density at radius 3 is 2.41 bits per heavy atom. The zero-order valence-electron chi connectivity index (χ0n) is 16.3. The van der Waals surface area contributed by atoms with Crippen LogP contribution in [-0.4, -0.2) is 56.4 Å². The number of rotatable bonds is 5. The summed E-state index contributed by atoms with van der Waals surface area (Å²) in [7, 11) is 3.32. The molecule has 2 fully saturated rings. The summed E-state index contributed by atoms with van der Waals surface area (Å²) >= 11 is 0. The summed E-state index contributed by atoms with van der Waals surface area (Å²) in [5.41, 5.74) is 0.889. The summed E-state index contributed by atoms with van der Waals surface area (Å²) in [5.74, 6) is 3.10. The van der Waals surface area contributed by atoms with Gasteiger partial charge >= 0.3 is 0 Å². The van der Waals surface area contributed by atoms with E-state index in [2.05, 4.69) is 15.5 Å². The van der Waals surface area contributed by atoms with Gasteiger partial charge in [-0.15, -0.1) is 0 Å². The fraction of sp³-hybridized carbons (Fsp3) is 0.600. The van der Waals surface area contributed by atoms with Crippen LogP contribution in [-0.2, 0) is 0 Å². The SMILES string of the molecule is COc1cc2nc(N3CCCCC3)nc(NC3CCNCC3)c2cc1OC. The number of benzene rings is 1. The van der Waals surface area contributed by atoms with Crippen LogP contribution < -0.4 is 25.0 Å². The van der Waals surface area contributed by atoms with Crippen molar-refractivity contribution >= 4 is 22.7 Å². The van der Waals surface area contributed by atoms with E-state index >= 15 is 0 Å². The summed E-state index contributed by atoms with van der Waals surface area (Å²) < 4.78 is 11.0. The van der Waals surface area contributed by atoms with Crippen LogP contribution in [0, 0.1) is 0 Å². The smallest absolute Gasteiger partial charge is 0.227 e. The van der Waals surface area contributed by atoms with Gasteiger partial charge in [-0.3, -0.25) is 0 Å².